The third-order valence-corrected chi connectivity index (χ3v) is 2.51. The van der Waals surface area contributed by atoms with E-state index in [4.69, 9.17) is 4.74 Å². The zero-order chi connectivity index (χ0) is 11.9. The van der Waals surface area contributed by atoms with Crippen LogP contribution >= 0.6 is 0 Å². The molecule has 0 aliphatic rings. The second-order valence-corrected chi connectivity index (χ2v) is 3.78. The van der Waals surface area contributed by atoms with Gasteiger partial charge in [-0.25, -0.2) is 4.98 Å². The van der Waals surface area contributed by atoms with E-state index >= 15 is 0 Å². The van der Waals surface area contributed by atoms with E-state index in [1.54, 1.807) is 6.20 Å². The maximum Gasteiger partial charge on any atom is 0.121 e. The lowest BCUT2D eigenvalue weighted by atomic mass is 10.3. The number of aromatic nitrogens is 2. The molecule has 0 atom stereocenters. The number of aryl methyl sites for hydroxylation is 1. The molecule has 0 bridgehead atoms. The molecule has 0 amide bonds. The lowest BCUT2D eigenvalue weighted by Crippen LogP contribution is -2.03. The Bertz CT molecular complexity index is 440. The second-order valence-electron chi connectivity index (χ2n) is 3.78. The Morgan fingerprint density at radius 3 is 3.12 bits per heavy atom. The molecule has 1 N–H and O–H groups in total. The Balaban J connectivity index is 1.74. The molecule has 2 rings (SSSR count). The smallest absolute Gasteiger partial charge is 0.121 e. The predicted molar refractivity (Wildman–Crippen MR) is 68.3 cm³/mol. The molecule has 0 spiro atoms. The van der Waals surface area contributed by atoms with Gasteiger partial charge in [-0.2, -0.15) is 0 Å². The number of benzene rings is 1. The first-order valence-corrected chi connectivity index (χ1v) is 5.75. The van der Waals surface area contributed by atoms with Crippen molar-refractivity contribution in [3.8, 4) is 5.75 Å². The molecule has 17 heavy (non-hydrogen) atoms. The SMILES string of the molecule is CNc1cccc(OCCCn2ccnc2)c1. The van der Waals surface area contributed by atoms with Gasteiger partial charge in [0.25, 0.3) is 0 Å². The van der Waals surface area contributed by atoms with Crippen molar-refractivity contribution >= 4 is 5.69 Å². The van der Waals surface area contributed by atoms with Crippen molar-refractivity contribution in [3.63, 3.8) is 0 Å². The summed E-state index contributed by atoms with van der Waals surface area (Å²) in [6.45, 7) is 1.65. The zero-order valence-electron chi connectivity index (χ0n) is 9.97. The highest BCUT2D eigenvalue weighted by Gasteiger charge is 1.96. The molecule has 4 heteroatoms. The molecule has 4 nitrogen and oxygen atoms in total. The van der Waals surface area contributed by atoms with Crippen molar-refractivity contribution in [1.82, 2.24) is 9.55 Å². The average molecular weight is 231 g/mol. The first-order valence-electron chi connectivity index (χ1n) is 5.75. The molecule has 90 valence electrons. The monoisotopic (exact) mass is 231 g/mol. The number of imidazole rings is 1. The summed E-state index contributed by atoms with van der Waals surface area (Å²) in [6.07, 6.45) is 6.54. The summed E-state index contributed by atoms with van der Waals surface area (Å²) in [5.41, 5.74) is 1.07. The number of nitrogens with one attached hydrogen (secondary N) is 1. The molecule has 0 unspecified atom stereocenters. The number of hydrogen-bond acceptors (Lipinski definition) is 3. The van der Waals surface area contributed by atoms with Gasteiger partial charge in [0.05, 0.1) is 12.9 Å². The highest BCUT2D eigenvalue weighted by atomic mass is 16.5. The Labute approximate surface area is 101 Å². The summed E-state index contributed by atoms with van der Waals surface area (Å²) in [6, 6.07) is 7.96. The number of nitrogens with zero attached hydrogens (tertiary/aromatic N) is 2. The summed E-state index contributed by atoms with van der Waals surface area (Å²) in [5.74, 6) is 0.905. The fourth-order valence-electron chi connectivity index (χ4n) is 1.60. The van der Waals surface area contributed by atoms with E-state index in [2.05, 4.69) is 10.3 Å². The largest absolute Gasteiger partial charge is 0.493 e. The van der Waals surface area contributed by atoms with Crippen molar-refractivity contribution in [2.45, 2.75) is 13.0 Å². The molecule has 0 fully saturated rings. The summed E-state index contributed by atoms with van der Waals surface area (Å²) in [7, 11) is 1.90. The molecular weight excluding hydrogens is 214 g/mol. The topological polar surface area (TPSA) is 39.1 Å². The van der Waals surface area contributed by atoms with Crippen LogP contribution in [-0.4, -0.2) is 23.2 Å². The quantitative estimate of drug-likeness (QED) is 0.776. The zero-order valence-corrected chi connectivity index (χ0v) is 9.97. The van der Waals surface area contributed by atoms with Crippen molar-refractivity contribution < 1.29 is 4.74 Å². The van der Waals surface area contributed by atoms with Gasteiger partial charge in [-0.3, -0.25) is 0 Å². The van der Waals surface area contributed by atoms with Crippen LogP contribution in [0, 0.1) is 0 Å². The molecule has 0 saturated carbocycles. The standard InChI is InChI=1S/C13H17N3O/c1-14-12-4-2-5-13(10-12)17-9-3-7-16-8-6-15-11-16/h2,4-6,8,10-11,14H,3,7,9H2,1H3. The van der Waals surface area contributed by atoms with Crippen molar-refractivity contribution in [2.24, 2.45) is 0 Å². The van der Waals surface area contributed by atoms with Crippen LogP contribution in [0.15, 0.2) is 43.0 Å². The Morgan fingerprint density at radius 1 is 1.41 bits per heavy atom. The molecule has 0 radical (unpaired) electrons. The highest BCUT2D eigenvalue weighted by Crippen LogP contribution is 2.16. The van der Waals surface area contributed by atoms with E-state index in [1.165, 1.54) is 0 Å². The number of anilines is 1. The number of rotatable bonds is 6. The minimum absolute atomic E-state index is 0.714. The number of hydrogen-bond donors (Lipinski definition) is 1. The van der Waals surface area contributed by atoms with Gasteiger partial charge in [-0.15, -0.1) is 0 Å². The fourth-order valence-corrected chi connectivity index (χ4v) is 1.60. The molecule has 0 aliphatic carbocycles. The van der Waals surface area contributed by atoms with Crippen molar-refractivity contribution in [2.75, 3.05) is 19.0 Å². The Hall–Kier alpha value is -1.97. The minimum atomic E-state index is 0.714. The van der Waals surface area contributed by atoms with Crippen LogP contribution in [0.2, 0.25) is 0 Å². The molecular formula is C13H17N3O. The van der Waals surface area contributed by atoms with Crippen LogP contribution in [0.5, 0.6) is 5.75 Å². The molecule has 1 aromatic carbocycles. The first kappa shape index (κ1) is 11.5. The normalized spacial score (nSPS) is 10.2. The number of ether oxygens (including phenoxy) is 1. The maximum absolute atomic E-state index is 5.67. The summed E-state index contributed by atoms with van der Waals surface area (Å²) < 4.78 is 7.72. The molecule has 0 saturated heterocycles. The Kier molecular flexibility index (Phi) is 4.02. The summed E-state index contributed by atoms with van der Waals surface area (Å²) >= 11 is 0. The van der Waals surface area contributed by atoms with E-state index in [0.29, 0.717) is 6.61 Å². The van der Waals surface area contributed by atoms with Gasteiger partial charge in [0.1, 0.15) is 5.75 Å². The van der Waals surface area contributed by atoms with E-state index < -0.39 is 0 Å². The summed E-state index contributed by atoms with van der Waals surface area (Å²) in [4.78, 5) is 4.00. The first-order chi connectivity index (χ1) is 8.38. The van der Waals surface area contributed by atoms with Gasteiger partial charge in [0.2, 0.25) is 0 Å². The van der Waals surface area contributed by atoms with E-state index in [0.717, 1.165) is 24.4 Å². The van der Waals surface area contributed by atoms with Crippen molar-refractivity contribution in [3.05, 3.63) is 43.0 Å². The Morgan fingerprint density at radius 2 is 2.35 bits per heavy atom. The van der Waals surface area contributed by atoms with Crippen LogP contribution < -0.4 is 10.1 Å². The molecule has 1 heterocycles. The van der Waals surface area contributed by atoms with Crippen molar-refractivity contribution in [1.29, 1.82) is 0 Å². The van der Waals surface area contributed by atoms with Gasteiger partial charge in [-0.05, 0) is 18.6 Å². The van der Waals surface area contributed by atoms with Gasteiger partial charge < -0.3 is 14.6 Å². The maximum atomic E-state index is 5.67. The molecule has 2 aromatic rings. The summed E-state index contributed by atoms with van der Waals surface area (Å²) in [5, 5.41) is 3.09. The van der Waals surface area contributed by atoms with Gasteiger partial charge in [0.15, 0.2) is 0 Å². The second kappa shape index (κ2) is 5.94. The predicted octanol–water partition coefficient (Wildman–Crippen LogP) is 2.39. The van der Waals surface area contributed by atoms with E-state index in [9.17, 15) is 0 Å². The fraction of sp³-hybridized carbons (Fsp3) is 0.308. The van der Waals surface area contributed by atoms with Gasteiger partial charge >= 0.3 is 0 Å². The highest BCUT2D eigenvalue weighted by molar-refractivity contribution is 5.47. The van der Waals surface area contributed by atoms with Crippen LogP contribution in [0.25, 0.3) is 0 Å². The van der Waals surface area contributed by atoms with Crippen LogP contribution in [0.4, 0.5) is 5.69 Å². The van der Waals surface area contributed by atoms with Crippen LogP contribution in [0.1, 0.15) is 6.42 Å². The third-order valence-electron chi connectivity index (χ3n) is 2.51. The molecule has 0 aliphatic heterocycles. The van der Waals surface area contributed by atoms with Gasteiger partial charge in [-0.1, -0.05) is 6.07 Å². The van der Waals surface area contributed by atoms with Gasteiger partial charge in [0, 0.05) is 37.7 Å². The van der Waals surface area contributed by atoms with E-state index in [-0.39, 0.29) is 0 Å². The third kappa shape index (κ3) is 3.52. The molecule has 1 aromatic heterocycles. The van der Waals surface area contributed by atoms with Crippen LogP contribution in [0.3, 0.4) is 0 Å². The minimum Gasteiger partial charge on any atom is -0.493 e. The van der Waals surface area contributed by atoms with Crippen LogP contribution in [-0.2, 0) is 6.54 Å². The lowest BCUT2D eigenvalue weighted by molar-refractivity contribution is 0.302. The average Bonchev–Trinajstić information content (AvgIpc) is 2.88. The lowest BCUT2D eigenvalue weighted by Gasteiger charge is -2.08. The van der Waals surface area contributed by atoms with E-state index in [1.807, 2.05) is 48.4 Å².